The molecule has 25 heavy (non-hydrogen) atoms. The lowest BCUT2D eigenvalue weighted by Gasteiger charge is -2.34. The second kappa shape index (κ2) is 6.92. The summed E-state index contributed by atoms with van der Waals surface area (Å²) in [6.07, 6.45) is 0.481. The first-order chi connectivity index (χ1) is 11.7. The van der Waals surface area contributed by atoms with E-state index in [1.165, 1.54) is 17.0 Å². The van der Waals surface area contributed by atoms with Crippen molar-refractivity contribution < 1.29 is 22.5 Å². The van der Waals surface area contributed by atoms with E-state index >= 15 is 0 Å². The monoisotopic (exact) mass is 370 g/mol. The second-order valence-corrected chi connectivity index (χ2v) is 9.53. The van der Waals surface area contributed by atoms with E-state index in [2.05, 4.69) is 10.2 Å². The Labute approximate surface area is 147 Å². The average molecular weight is 370 g/mol. The van der Waals surface area contributed by atoms with Gasteiger partial charge in [-0.3, -0.25) is 4.79 Å². The van der Waals surface area contributed by atoms with Crippen molar-refractivity contribution >= 4 is 21.4 Å². The third-order valence-electron chi connectivity index (χ3n) is 5.02. The molecule has 0 spiro atoms. The molecule has 6 nitrogen and oxygen atoms in total. The van der Waals surface area contributed by atoms with Gasteiger partial charge < -0.3 is 15.1 Å². The highest BCUT2D eigenvalue weighted by molar-refractivity contribution is 7.91. The maximum Gasteiger partial charge on any atom is 0.275 e. The van der Waals surface area contributed by atoms with E-state index in [1.807, 2.05) is 0 Å². The van der Waals surface area contributed by atoms with Crippen molar-refractivity contribution in [3.63, 3.8) is 0 Å². The third kappa shape index (κ3) is 4.70. The van der Waals surface area contributed by atoms with Crippen molar-refractivity contribution in [3.05, 3.63) is 30.1 Å². The van der Waals surface area contributed by atoms with Gasteiger partial charge >= 0.3 is 0 Å². The number of sulfone groups is 1. The SMILES string of the molecule is C[C@]1(NC(=O)C[NH+]2CCN(c3ccc(F)cc3)CC2)CCS(=O)(=O)C1. The fraction of sp³-hybridized carbons (Fsp3) is 0.588. The van der Waals surface area contributed by atoms with Crippen LogP contribution in [0.1, 0.15) is 13.3 Å². The smallest absolute Gasteiger partial charge is 0.275 e. The zero-order chi connectivity index (χ0) is 18.1. The summed E-state index contributed by atoms with van der Waals surface area (Å²) in [7, 11) is -3.03. The summed E-state index contributed by atoms with van der Waals surface area (Å²) in [6, 6.07) is 6.46. The Morgan fingerprint density at radius 2 is 1.92 bits per heavy atom. The van der Waals surface area contributed by atoms with Crippen LogP contribution in [0.2, 0.25) is 0 Å². The third-order valence-corrected chi connectivity index (χ3v) is 6.92. The minimum atomic E-state index is -3.03. The molecule has 1 aromatic rings. The maximum atomic E-state index is 13.0. The van der Waals surface area contributed by atoms with Gasteiger partial charge in [0.15, 0.2) is 16.4 Å². The summed E-state index contributed by atoms with van der Waals surface area (Å²) in [6.45, 7) is 5.41. The molecule has 0 radical (unpaired) electrons. The molecule has 0 aromatic heterocycles. The number of carbonyl (C=O) groups excluding carboxylic acids is 1. The molecule has 0 saturated carbocycles. The summed E-state index contributed by atoms with van der Waals surface area (Å²) in [5.41, 5.74) is 0.360. The van der Waals surface area contributed by atoms with E-state index in [-0.39, 0.29) is 23.2 Å². The molecule has 2 fully saturated rings. The number of carbonyl (C=O) groups is 1. The van der Waals surface area contributed by atoms with Crippen LogP contribution < -0.4 is 15.1 Å². The van der Waals surface area contributed by atoms with Crippen LogP contribution in [0.25, 0.3) is 0 Å². The van der Waals surface area contributed by atoms with E-state index in [4.69, 9.17) is 0 Å². The maximum absolute atomic E-state index is 13.0. The zero-order valence-electron chi connectivity index (χ0n) is 14.4. The average Bonchev–Trinajstić information content (AvgIpc) is 2.82. The van der Waals surface area contributed by atoms with E-state index in [0.29, 0.717) is 13.0 Å². The summed E-state index contributed by atoms with van der Waals surface area (Å²) in [5.74, 6) is -0.163. The van der Waals surface area contributed by atoms with Gasteiger partial charge in [-0.2, -0.15) is 0 Å². The number of hydrogen-bond acceptors (Lipinski definition) is 4. The lowest BCUT2D eigenvalue weighted by atomic mass is 10.0. The van der Waals surface area contributed by atoms with E-state index in [9.17, 15) is 17.6 Å². The number of nitrogens with one attached hydrogen (secondary N) is 2. The van der Waals surface area contributed by atoms with Gasteiger partial charge in [-0.25, -0.2) is 12.8 Å². The second-order valence-electron chi connectivity index (χ2n) is 7.34. The Kier molecular flexibility index (Phi) is 5.02. The predicted molar refractivity (Wildman–Crippen MR) is 94.0 cm³/mol. The van der Waals surface area contributed by atoms with Gasteiger partial charge in [0.25, 0.3) is 5.91 Å². The number of anilines is 1. The number of quaternary nitrogens is 1. The molecular weight excluding hydrogens is 345 g/mol. The van der Waals surface area contributed by atoms with Gasteiger partial charge in [0.05, 0.1) is 43.2 Å². The van der Waals surface area contributed by atoms with Gasteiger partial charge in [0.2, 0.25) is 0 Å². The highest BCUT2D eigenvalue weighted by Gasteiger charge is 2.40. The highest BCUT2D eigenvalue weighted by Crippen LogP contribution is 2.22. The van der Waals surface area contributed by atoms with Crippen molar-refractivity contribution in [1.29, 1.82) is 0 Å². The fourth-order valence-corrected chi connectivity index (χ4v) is 5.72. The number of nitrogens with zero attached hydrogens (tertiary/aromatic N) is 1. The highest BCUT2D eigenvalue weighted by atomic mass is 32.2. The number of hydrogen-bond donors (Lipinski definition) is 2. The minimum absolute atomic E-state index is 0.0272. The number of piperazine rings is 1. The normalized spacial score (nSPS) is 26.6. The molecule has 3 rings (SSSR count). The van der Waals surface area contributed by atoms with E-state index < -0.39 is 15.4 Å². The Morgan fingerprint density at radius 1 is 1.28 bits per heavy atom. The van der Waals surface area contributed by atoms with Crippen LogP contribution in [0, 0.1) is 5.82 Å². The number of benzene rings is 1. The first-order valence-electron chi connectivity index (χ1n) is 8.60. The molecule has 1 aromatic carbocycles. The molecule has 1 amide bonds. The lowest BCUT2D eigenvalue weighted by molar-refractivity contribution is -0.892. The van der Waals surface area contributed by atoms with E-state index in [1.54, 1.807) is 19.1 Å². The zero-order valence-corrected chi connectivity index (χ0v) is 15.2. The summed E-state index contributed by atoms with van der Waals surface area (Å²) < 4.78 is 36.2. The fourth-order valence-electron chi connectivity index (χ4n) is 3.63. The largest absolute Gasteiger partial charge is 0.360 e. The molecule has 0 bridgehead atoms. The molecule has 0 aliphatic carbocycles. The predicted octanol–water partition coefficient (Wildman–Crippen LogP) is -0.776. The van der Waals surface area contributed by atoms with E-state index in [0.717, 1.165) is 31.9 Å². The van der Waals surface area contributed by atoms with Crippen molar-refractivity contribution in [2.75, 3.05) is 49.1 Å². The summed E-state index contributed by atoms with van der Waals surface area (Å²) >= 11 is 0. The Bertz CT molecular complexity index is 730. The quantitative estimate of drug-likeness (QED) is 0.730. The van der Waals surface area contributed by atoms with Crippen LogP contribution in [0.4, 0.5) is 10.1 Å². The molecule has 2 saturated heterocycles. The molecule has 2 N–H and O–H groups in total. The first kappa shape index (κ1) is 18.1. The summed E-state index contributed by atoms with van der Waals surface area (Å²) in [5, 5.41) is 2.91. The molecule has 2 heterocycles. The molecule has 8 heteroatoms. The van der Waals surface area contributed by atoms with Gasteiger partial charge in [0, 0.05) is 5.69 Å². The van der Waals surface area contributed by atoms with Crippen LogP contribution in [0.3, 0.4) is 0 Å². The topological polar surface area (TPSA) is 70.9 Å². The minimum Gasteiger partial charge on any atom is -0.360 e. The van der Waals surface area contributed by atoms with Crippen molar-refractivity contribution in [2.45, 2.75) is 18.9 Å². The Balaban J connectivity index is 1.47. The standard InChI is InChI=1S/C17H24FN3O3S/c1-17(6-11-25(23,24)13-17)19-16(22)12-20-7-9-21(10-8-20)15-4-2-14(18)3-5-15/h2-5H,6-13H2,1H3,(H,19,22)/p+1/t17-/m0/s1. The molecule has 2 aliphatic rings. The van der Waals surface area contributed by atoms with Gasteiger partial charge in [-0.05, 0) is 37.6 Å². The van der Waals surface area contributed by atoms with Crippen LogP contribution in [-0.4, -0.2) is 64.1 Å². The number of amides is 1. The van der Waals surface area contributed by atoms with Gasteiger partial charge in [-0.15, -0.1) is 0 Å². The molecule has 138 valence electrons. The van der Waals surface area contributed by atoms with Crippen LogP contribution in [-0.2, 0) is 14.6 Å². The first-order valence-corrected chi connectivity index (χ1v) is 10.4. The van der Waals surface area contributed by atoms with Crippen molar-refractivity contribution in [2.24, 2.45) is 0 Å². The van der Waals surface area contributed by atoms with Crippen molar-refractivity contribution in [1.82, 2.24) is 5.32 Å². The van der Waals surface area contributed by atoms with Gasteiger partial charge in [0.1, 0.15) is 5.82 Å². The Hall–Kier alpha value is -1.67. The Morgan fingerprint density at radius 3 is 2.48 bits per heavy atom. The van der Waals surface area contributed by atoms with Crippen LogP contribution >= 0.6 is 0 Å². The van der Waals surface area contributed by atoms with Crippen LogP contribution in [0.15, 0.2) is 24.3 Å². The molecule has 2 aliphatic heterocycles. The van der Waals surface area contributed by atoms with Crippen LogP contribution in [0.5, 0.6) is 0 Å². The number of rotatable bonds is 4. The number of halogens is 1. The molecule has 1 atom stereocenters. The lowest BCUT2D eigenvalue weighted by Crippen LogP contribution is -3.16. The summed E-state index contributed by atoms with van der Waals surface area (Å²) in [4.78, 5) is 15.7. The van der Waals surface area contributed by atoms with Crippen molar-refractivity contribution in [3.8, 4) is 0 Å². The molecule has 0 unspecified atom stereocenters. The molecular formula is C17H25FN3O3S+. The van der Waals surface area contributed by atoms with Gasteiger partial charge in [-0.1, -0.05) is 0 Å².